The minimum Gasteiger partial charge on any atom is -0.330 e. The number of nitrogens with one attached hydrogen (secondary N) is 1. The first kappa shape index (κ1) is 15.0. The standard InChI is InChI=1S/C16H25N3O/c1-13-5-7-14(8-6-13)18-16(20)12-19-11-3-2-4-15(19)9-10-17/h5-8,15H,2-4,9-12,17H2,1H3,(H,18,20). The Kier molecular flexibility index (Phi) is 5.56. The number of carbonyl (C=O) groups excluding carboxylic acids is 1. The number of anilines is 1. The molecule has 1 atom stereocenters. The summed E-state index contributed by atoms with van der Waals surface area (Å²) >= 11 is 0. The molecular formula is C16H25N3O. The first-order valence-electron chi connectivity index (χ1n) is 7.49. The zero-order chi connectivity index (χ0) is 14.4. The summed E-state index contributed by atoms with van der Waals surface area (Å²) in [5.41, 5.74) is 7.73. The monoisotopic (exact) mass is 275 g/mol. The SMILES string of the molecule is Cc1ccc(NC(=O)CN2CCCCC2CCN)cc1. The molecule has 4 nitrogen and oxygen atoms in total. The highest BCUT2D eigenvalue weighted by atomic mass is 16.2. The molecule has 110 valence electrons. The van der Waals surface area contributed by atoms with Crippen molar-refractivity contribution in [2.24, 2.45) is 5.73 Å². The Bertz CT molecular complexity index is 428. The van der Waals surface area contributed by atoms with Gasteiger partial charge in [0.2, 0.25) is 5.91 Å². The third-order valence-corrected chi connectivity index (χ3v) is 3.93. The highest BCUT2D eigenvalue weighted by Crippen LogP contribution is 2.19. The van der Waals surface area contributed by atoms with Gasteiger partial charge in [0.05, 0.1) is 6.54 Å². The fourth-order valence-corrected chi connectivity index (χ4v) is 2.81. The van der Waals surface area contributed by atoms with Crippen LogP contribution in [-0.4, -0.2) is 36.5 Å². The van der Waals surface area contributed by atoms with Gasteiger partial charge in [-0.1, -0.05) is 24.1 Å². The normalized spacial score (nSPS) is 19.8. The molecule has 0 saturated carbocycles. The van der Waals surface area contributed by atoms with E-state index in [-0.39, 0.29) is 5.91 Å². The molecule has 1 amide bonds. The first-order valence-corrected chi connectivity index (χ1v) is 7.49. The summed E-state index contributed by atoms with van der Waals surface area (Å²) in [6.07, 6.45) is 4.58. The molecule has 2 rings (SSSR count). The van der Waals surface area contributed by atoms with Gasteiger partial charge in [-0.05, 0) is 51.4 Å². The Balaban J connectivity index is 1.87. The number of likely N-dealkylation sites (tertiary alicyclic amines) is 1. The van der Waals surface area contributed by atoms with Gasteiger partial charge >= 0.3 is 0 Å². The summed E-state index contributed by atoms with van der Waals surface area (Å²) in [5, 5.41) is 2.97. The van der Waals surface area contributed by atoms with Crippen molar-refractivity contribution in [2.75, 3.05) is 25.0 Å². The van der Waals surface area contributed by atoms with Gasteiger partial charge in [-0.3, -0.25) is 9.69 Å². The van der Waals surface area contributed by atoms with Crippen LogP contribution in [-0.2, 0) is 4.79 Å². The fourth-order valence-electron chi connectivity index (χ4n) is 2.81. The van der Waals surface area contributed by atoms with E-state index >= 15 is 0 Å². The molecule has 3 N–H and O–H groups in total. The molecule has 0 aromatic heterocycles. The molecule has 1 saturated heterocycles. The number of nitrogens with two attached hydrogens (primary N) is 1. The molecule has 4 heteroatoms. The van der Waals surface area contributed by atoms with Crippen molar-refractivity contribution in [2.45, 2.75) is 38.6 Å². The number of carbonyl (C=O) groups is 1. The van der Waals surface area contributed by atoms with Crippen LogP contribution in [0, 0.1) is 6.92 Å². The molecule has 0 bridgehead atoms. The van der Waals surface area contributed by atoms with E-state index in [1.54, 1.807) is 0 Å². The minimum absolute atomic E-state index is 0.0674. The molecule has 20 heavy (non-hydrogen) atoms. The van der Waals surface area contributed by atoms with E-state index in [9.17, 15) is 4.79 Å². The summed E-state index contributed by atoms with van der Waals surface area (Å²) in [6, 6.07) is 8.38. The zero-order valence-corrected chi connectivity index (χ0v) is 12.3. The van der Waals surface area contributed by atoms with Crippen LogP contribution in [0.3, 0.4) is 0 Å². The molecule has 1 heterocycles. The number of aryl methyl sites for hydroxylation is 1. The Morgan fingerprint density at radius 1 is 1.35 bits per heavy atom. The van der Waals surface area contributed by atoms with Crippen molar-refractivity contribution in [3.05, 3.63) is 29.8 Å². The topological polar surface area (TPSA) is 58.4 Å². The maximum absolute atomic E-state index is 12.1. The number of rotatable bonds is 5. The Labute approximate surface area is 121 Å². The Morgan fingerprint density at radius 2 is 2.10 bits per heavy atom. The number of nitrogens with zero attached hydrogens (tertiary/aromatic N) is 1. The number of piperidine rings is 1. The lowest BCUT2D eigenvalue weighted by Gasteiger charge is -2.35. The number of amides is 1. The molecule has 1 unspecified atom stereocenters. The van der Waals surface area contributed by atoms with Gasteiger partial charge in [-0.25, -0.2) is 0 Å². The van der Waals surface area contributed by atoms with Crippen molar-refractivity contribution >= 4 is 11.6 Å². The van der Waals surface area contributed by atoms with E-state index in [0.717, 1.165) is 25.1 Å². The van der Waals surface area contributed by atoms with Gasteiger partial charge in [0, 0.05) is 11.7 Å². The minimum atomic E-state index is 0.0674. The fraction of sp³-hybridized carbons (Fsp3) is 0.562. The molecule has 1 aromatic carbocycles. The predicted molar refractivity (Wildman–Crippen MR) is 82.7 cm³/mol. The van der Waals surface area contributed by atoms with Crippen LogP contribution < -0.4 is 11.1 Å². The quantitative estimate of drug-likeness (QED) is 0.865. The maximum atomic E-state index is 12.1. The van der Waals surface area contributed by atoms with Crippen molar-refractivity contribution < 1.29 is 4.79 Å². The van der Waals surface area contributed by atoms with E-state index < -0.39 is 0 Å². The second kappa shape index (κ2) is 7.41. The van der Waals surface area contributed by atoms with Crippen LogP contribution >= 0.6 is 0 Å². The molecule has 0 spiro atoms. The van der Waals surface area contributed by atoms with Gasteiger partial charge in [0.25, 0.3) is 0 Å². The Morgan fingerprint density at radius 3 is 2.80 bits per heavy atom. The predicted octanol–water partition coefficient (Wildman–Crippen LogP) is 2.14. The van der Waals surface area contributed by atoms with E-state index in [4.69, 9.17) is 5.73 Å². The van der Waals surface area contributed by atoms with E-state index in [1.165, 1.54) is 18.4 Å². The van der Waals surface area contributed by atoms with Gasteiger partial charge in [-0.15, -0.1) is 0 Å². The summed E-state index contributed by atoms with van der Waals surface area (Å²) in [5.74, 6) is 0.0674. The summed E-state index contributed by atoms with van der Waals surface area (Å²) in [6.45, 7) is 4.21. The van der Waals surface area contributed by atoms with Crippen LogP contribution in [0.25, 0.3) is 0 Å². The molecule has 0 aliphatic carbocycles. The molecular weight excluding hydrogens is 250 g/mol. The van der Waals surface area contributed by atoms with Gasteiger partial charge < -0.3 is 11.1 Å². The first-order chi connectivity index (χ1) is 9.69. The lowest BCUT2D eigenvalue weighted by molar-refractivity contribution is -0.118. The summed E-state index contributed by atoms with van der Waals surface area (Å²) < 4.78 is 0. The van der Waals surface area contributed by atoms with Crippen LogP contribution in [0.2, 0.25) is 0 Å². The zero-order valence-electron chi connectivity index (χ0n) is 12.3. The average molecular weight is 275 g/mol. The molecule has 0 radical (unpaired) electrons. The number of hydrogen-bond acceptors (Lipinski definition) is 3. The van der Waals surface area contributed by atoms with Crippen molar-refractivity contribution in [3.63, 3.8) is 0 Å². The number of benzene rings is 1. The van der Waals surface area contributed by atoms with Gasteiger partial charge in [0.1, 0.15) is 0 Å². The second-order valence-corrected chi connectivity index (χ2v) is 5.61. The molecule has 1 aromatic rings. The highest BCUT2D eigenvalue weighted by molar-refractivity contribution is 5.92. The molecule has 1 aliphatic rings. The van der Waals surface area contributed by atoms with Gasteiger partial charge in [0.15, 0.2) is 0 Å². The van der Waals surface area contributed by atoms with Crippen LogP contribution in [0.1, 0.15) is 31.2 Å². The maximum Gasteiger partial charge on any atom is 0.238 e. The van der Waals surface area contributed by atoms with Crippen LogP contribution in [0.4, 0.5) is 5.69 Å². The van der Waals surface area contributed by atoms with E-state index in [2.05, 4.69) is 10.2 Å². The summed E-state index contributed by atoms with van der Waals surface area (Å²) in [7, 11) is 0. The largest absolute Gasteiger partial charge is 0.330 e. The Hall–Kier alpha value is -1.39. The summed E-state index contributed by atoms with van der Waals surface area (Å²) in [4.78, 5) is 14.4. The van der Waals surface area contributed by atoms with Crippen molar-refractivity contribution in [1.82, 2.24) is 4.90 Å². The molecule has 1 aliphatic heterocycles. The lowest BCUT2D eigenvalue weighted by atomic mass is 9.99. The van der Waals surface area contributed by atoms with E-state index in [1.807, 2.05) is 31.2 Å². The third-order valence-electron chi connectivity index (χ3n) is 3.93. The van der Waals surface area contributed by atoms with Crippen LogP contribution in [0.15, 0.2) is 24.3 Å². The highest BCUT2D eigenvalue weighted by Gasteiger charge is 2.23. The van der Waals surface area contributed by atoms with Crippen molar-refractivity contribution in [1.29, 1.82) is 0 Å². The smallest absolute Gasteiger partial charge is 0.238 e. The second-order valence-electron chi connectivity index (χ2n) is 5.61. The lowest BCUT2D eigenvalue weighted by Crippen LogP contribution is -2.44. The van der Waals surface area contributed by atoms with Crippen LogP contribution in [0.5, 0.6) is 0 Å². The molecule has 1 fully saturated rings. The van der Waals surface area contributed by atoms with Crippen molar-refractivity contribution in [3.8, 4) is 0 Å². The van der Waals surface area contributed by atoms with E-state index in [0.29, 0.717) is 19.1 Å². The third kappa shape index (κ3) is 4.32. The van der Waals surface area contributed by atoms with Gasteiger partial charge in [-0.2, -0.15) is 0 Å². The average Bonchev–Trinajstić information content (AvgIpc) is 2.44. The number of hydrogen-bond donors (Lipinski definition) is 2.